The summed E-state index contributed by atoms with van der Waals surface area (Å²) < 4.78 is 0. The van der Waals surface area contributed by atoms with Crippen LogP contribution >= 0.6 is 0 Å². The van der Waals surface area contributed by atoms with E-state index in [2.05, 4.69) is 12.2 Å². The Morgan fingerprint density at radius 3 is 2.60 bits per heavy atom. The molecule has 0 spiro atoms. The van der Waals surface area contributed by atoms with Crippen molar-refractivity contribution in [1.29, 1.82) is 0 Å². The molecule has 0 saturated heterocycles. The van der Waals surface area contributed by atoms with Crippen molar-refractivity contribution in [3.05, 3.63) is 42.0 Å². The number of nitrogens with one attached hydrogen (secondary N) is 1. The maximum absolute atomic E-state index is 10.9. The lowest BCUT2D eigenvalue weighted by atomic mass is 10.1. The van der Waals surface area contributed by atoms with Gasteiger partial charge in [0.05, 0.1) is 0 Å². The zero-order chi connectivity index (χ0) is 11.1. The highest BCUT2D eigenvalue weighted by atomic mass is 16.1. The molecule has 1 rings (SSSR count). The van der Waals surface area contributed by atoms with Crippen molar-refractivity contribution in [1.82, 2.24) is 5.32 Å². The van der Waals surface area contributed by atoms with Gasteiger partial charge in [0.2, 0.25) is 5.91 Å². The third kappa shape index (κ3) is 4.45. The summed E-state index contributed by atoms with van der Waals surface area (Å²) in [6.45, 7) is 3.59. The van der Waals surface area contributed by atoms with E-state index in [9.17, 15) is 4.79 Å². The van der Waals surface area contributed by atoms with Gasteiger partial charge in [-0.2, -0.15) is 0 Å². The van der Waals surface area contributed by atoms with Crippen LogP contribution in [0.15, 0.2) is 36.4 Å². The Morgan fingerprint density at radius 2 is 2.07 bits per heavy atom. The monoisotopic (exact) mass is 203 g/mol. The van der Waals surface area contributed by atoms with E-state index < -0.39 is 0 Å². The van der Waals surface area contributed by atoms with Crippen molar-refractivity contribution < 1.29 is 4.79 Å². The normalized spacial score (nSPS) is 12.7. The summed E-state index contributed by atoms with van der Waals surface area (Å²) in [4.78, 5) is 10.9. The predicted molar refractivity (Wildman–Crippen MR) is 63.4 cm³/mol. The second-order valence-corrected chi connectivity index (χ2v) is 3.49. The van der Waals surface area contributed by atoms with Crippen LogP contribution in [0.25, 0.3) is 6.08 Å². The van der Waals surface area contributed by atoms with E-state index in [1.54, 1.807) is 6.92 Å². The molecule has 15 heavy (non-hydrogen) atoms. The van der Waals surface area contributed by atoms with Crippen LogP contribution in [0, 0.1) is 0 Å². The van der Waals surface area contributed by atoms with Gasteiger partial charge in [-0.1, -0.05) is 49.4 Å². The zero-order valence-electron chi connectivity index (χ0n) is 9.23. The van der Waals surface area contributed by atoms with Gasteiger partial charge in [0, 0.05) is 13.0 Å². The Kier molecular flexibility index (Phi) is 4.61. The number of hydrogen-bond donors (Lipinski definition) is 1. The molecule has 0 fully saturated rings. The Morgan fingerprint density at radius 1 is 1.40 bits per heavy atom. The lowest BCUT2D eigenvalue weighted by molar-refractivity contribution is -0.119. The number of amides is 1. The second-order valence-electron chi connectivity index (χ2n) is 3.49. The smallest absolute Gasteiger partial charge is 0.217 e. The van der Waals surface area contributed by atoms with Crippen LogP contribution < -0.4 is 5.32 Å². The number of carbonyl (C=O) groups is 1. The molecule has 0 aliphatic heterocycles. The van der Waals surface area contributed by atoms with Gasteiger partial charge in [-0.3, -0.25) is 4.79 Å². The number of carbonyl (C=O) groups excluding carboxylic acids is 1. The van der Waals surface area contributed by atoms with Crippen molar-refractivity contribution in [3.63, 3.8) is 0 Å². The molecule has 1 unspecified atom stereocenters. The molecular formula is C13H17NO. The van der Waals surface area contributed by atoms with Crippen molar-refractivity contribution in [2.45, 2.75) is 26.3 Å². The van der Waals surface area contributed by atoms with Gasteiger partial charge in [-0.15, -0.1) is 0 Å². The van der Waals surface area contributed by atoms with E-state index in [1.165, 1.54) is 0 Å². The molecule has 0 saturated carbocycles. The first-order valence-electron chi connectivity index (χ1n) is 5.22. The van der Waals surface area contributed by atoms with Gasteiger partial charge in [0.15, 0.2) is 0 Å². The van der Waals surface area contributed by atoms with Crippen LogP contribution in [0.1, 0.15) is 25.8 Å². The van der Waals surface area contributed by atoms with E-state index in [1.807, 2.05) is 42.5 Å². The quantitative estimate of drug-likeness (QED) is 0.800. The summed E-state index contributed by atoms with van der Waals surface area (Å²) in [5.41, 5.74) is 1.15. The molecule has 2 heteroatoms. The number of benzene rings is 1. The fourth-order valence-corrected chi connectivity index (χ4v) is 1.34. The minimum Gasteiger partial charge on any atom is -0.350 e. The van der Waals surface area contributed by atoms with Crippen LogP contribution in [0.3, 0.4) is 0 Å². The number of rotatable bonds is 4. The molecule has 0 aliphatic rings. The molecule has 0 bridgehead atoms. The SMILES string of the molecule is CCC(/C=C/c1ccccc1)NC(C)=O. The molecule has 0 radical (unpaired) electrons. The molecule has 1 atom stereocenters. The largest absolute Gasteiger partial charge is 0.350 e. The average molecular weight is 203 g/mol. The van der Waals surface area contributed by atoms with E-state index in [4.69, 9.17) is 0 Å². The van der Waals surface area contributed by atoms with E-state index in [-0.39, 0.29) is 11.9 Å². The Labute approximate surface area is 91.0 Å². The number of hydrogen-bond acceptors (Lipinski definition) is 1. The van der Waals surface area contributed by atoms with Crippen molar-refractivity contribution >= 4 is 12.0 Å². The summed E-state index contributed by atoms with van der Waals surface area (Å²) in [7, 11) is 0. The van der Waals surface area contributed by atoms with Crippen LogP contribution in [0.5, 0.6) is 0 Å². The topological polar surface area (TPSA) is 29.1 Å². The van der Waals surface area contributed by atoms with E-state index in [0.29, 0.717) is 0 Å². The summed E-state index contributed by atoms with van der Waals surface area (Å²) in [5.74, 6) is 0.0135. The van der Waals surface area contributed by atoms with Gasteiger partial charge in [-0.25, -0.2) is 0 Å². The third-order valence-electron chi connectivity index (χ3n) is 2.15. The van der Waals surface area contributed by atoms with Crippen molar-refractivity contribution in [3.8, 4) is 0 Å². The van der Waals surface area contributed by atoms with Crippen molar-refractivity contribution in [2.24, 2.45) is 0 Å². The molecule has 0 heterocycles. The van der Waals surface area contributed by atoms with Gasteiger partial charge in [-0.05, 0) is 12.0 Å². The summed E-state index contributed by atoms with van der Waals surface area (Å²) in [6.07, 6.45) is 4.96. The van der Waals surface area contributed by atoms with Crippen LogP contribution in [-0.4, -0.2) is 11.9 Å². The lowest BCUT2D eigenvalue weighted by Gasteiger charge is -2.10. The first kappa shape index (κ1) is 11.5. The summed E-state index contributed by atoms with van der Waals surface area (Å²) in [6, 6.07) is 10.2. The molecule has 2 nitrogen and oxygen atoms in total. The minimum atomic E-state index is 0.0135. The van der Waals surface area contributed by atoms with E-state index >= 15 is 0 Å². The maximum Gasteiger partial charge on any atom is 0.217 e. The molecule has 0 aliphatic carbocycles. The first-order valence-corrected chi connectivity index (χ1v) is 5.22. The van der Waals surface area contributed by atoms with Gasteiger partial charge in [0.25, 0.3) is 0 Å². The maximum atomic E-state index is 10.9. The fourth-order valence-electron chi connectivity index (χ4n) is 1.34. The molecule has 0 aromatic heterocycles. The van der Waals surface area contributed by atoms with Crippen LogP contribution in [-0.2, 0) is 4.79 Å². The van der Waals surface area contributed by atoms with Gasteiger partial charge in [0.1, 0.15) is 0 Å². The zero-order valence-corrected chi connectivity index (χ0v) is 9.23. The molecule has 1 aromatic carbocycles. The van der Waals surface area contributed by atoms with E-state index in [0.717, 1.165) is 12.0 Å². The van der Waals surface area contributed by atoms with Gasteiger partial charge >= 0.3 is 0 Å². The highest BCUT2D eigenvalue weighted by molar-refractivity contribution is 5.73. The molecule has 1 aromatic rings. The second kappa shape index (κ2) is 6.02. The Bertz CT molecular complexity index is 330. The highest BCUT2D eigenvalue weighted by Gasteiger charge is 2.01. The fraction of sp³-hybridized carbons (Fsp3) is 0.308. The molecule has 80 valence electrons. The predicted octanol–water partition coefficient (Wildman–Crippen LogP) is 2.61. The van der Waals surface area contributed by atoms with Crippen molar-refractivity contribution in [2.75, 3.05) is 0 Å². The summed E-state index contributed by atoms with van der Waals surface area (Å²) in [5, 5.41) is 2.87. The van der Waals surface area contributed by atoms with Crippen LogP contribution in [0.2, 0.25) is 0 Å². The first-order chi connectivity index (χ1) is 7.22. The molecular weight excluding hydrogens is 186 g/mol. The minimum absolute atomic E-state index is 0.0135. The lowest BCUT2D eigenvalue weighted by Crippen LogP contribution is -2.30. The third-order valence-corrected chi connectivity index (χ3v) is 2.15. The van der Waals surface area contributed by atoms with Gasteiger partial charge < -0.3 is 5.32 Å². The molecule has 1 amide bonds. The summed E-state index contributed by atoms with van der Waals surface area (Å²) >= 11 is 0. The highest BCUT2D eigenvalue weighted by Crippen LogP contribution is 2.03. The molecule has 1 N–H and O–H groups in total. The Hall–Kier alpha value is -1.57. The Balaban J connectivity index is 2.58. The average Bonchev–Trinajstić information content (AvgIpc) is 2.25. The van der Waals surface area contributed by atoms with Crippen LogP contribution in [0.4, 0.5) is 0 Å². The standard InChI is InChI=1S/C13H17NO/c1-3-13(14-11(2)15)10-9-12-7-5-4-6-8-12/h4-10,13H,3H2,1-2H3,(H,14,15)/b10-9+.